The van der Waals surface area contributed by atoms with Crippen molar-refractivity contribution < 1.29 is 27.9 Å². The first-order valence-corrected chi connectivity index (χ1v) is 13.7. The third kappa shape index (κ3) is 7.41. The molecule has 0 aromatic heterocycles. The third-order valence-electron chi connectivity index (χ3n) is 6.08. The van der Waals surface area contributed by atoms with E-state index >= 15 is 0 Å². The normalized spacial score (nSPS) is 15.7. The number of fused-ring (bicyclic) bond motifs is 1. The maximum absolute atomic E-state index is 13.0. The molecule has 11 nitrogen and oxygen atoms in total. The minimum absolute atomic E-state index is 0.0504. The van der Waals surface area contributed by atoms with Gasteiger partial charge in [-0.1, -0.05) is 54.6 Å². The second kappa shape index (κ2) is 12.5. The van der Waals surface area contributed by atoms with Gasteiger partial charge in [-0.25, -0.2) is 8.42 Å². The van der Waals surface area contributed by atoms with Crippen molar-refractivity contribution in [3.63, 3.8) is 0 Å². The molecule has 3 aromatic rings. The highest BCUT2D eigenvalue weighted by Crippen LogP contribution is 2.22. The van der Waals surface area contributed by atoms with Gasteiger partial charge in [0.25, 0.3) is 5.91 Å². The Balaban J connectivity index is 1.31. The number of aliphatic carboxylic acids is 1. The average molecular weight is 552 g/mol. The summed E-state index contributed by atoms with van der Waals surface area (Å²) < 4.78 is 28.2. The van der Waals surface area contributed by atoms with E-state index in [0.717, 1.165) is 5.56 Å². The van der Waals surface area contributed by atoms with E-state index in [1.54, 1.807) is 66.9 Å². The van der Waals surface area contributed by atoms with Gasteiger partial charge in [-0.15, -0.1) is 0 Å². The fraction of sp³-hybridized carbons (Fsp3) is 0.222. The number of carboxylic acids is 1. The smallest absolute Gasteiger partial charge is 0.323 e. The van der Waals surface area contributed by atoms with Gasteiger partial charge in [0, 0.05) is 30.5 Å². The molecule has 39 heavy (non-hydrogen) atoms. The molecule has 2 atom stereocenters. The van der Waals surface area contributed by atoms with E-state index in [4.69, 9.17) is 0 Å². The number of benzene rings is 3. The molecule has 2 amide bonds. The van der Waals surface area contributed by atoms with Crippen LogP contribution in [0.1, 0.15) is 22.3 Å². The van der Waals surface area contributed by atoms with Crippen LogP contribution in [0.4, 0.5) is 0 Å². The predicted octanol–water partition coefficient (Wildman–Crippen LogP) is 1.04. The number of hydrogen-bond donors (Lipinski definition) is 6. The number of carbonyl (C=O) groups is 3. The van der Waals surface area contributed by atoms with Crippen LogP contribution in [0.3, 0.4) is 0 Å². The summed E-state index contributed by atoms with van der Waals surface area (Å²) in [5, 5.41) is 22.1. The number of rotatable bonds is 11. The molecule has 4 rings (SSSR count). The maximum atomic E-state index is 13.0. The Labute approximate surface area is 225 Å². The first-order chi connectivity index (χ1) is 18.7. The summed E-state index contributed by atoms with van der Waals surface area (Å²) in [4.78, 5) is 36.5. The van der Waals surface area contributed by atoms with Crippen molar-refractivity contribution in [2.45, 2.75) is 30.1 Å². The van der Waals surface area contributed by atoms with E-state index in [9.17, 15) is 27.9 Å². The predicted molar refractivity (Wildman–Crippen MR) is 145 cm³/mol. The number of hydrogen-bond acceptors (Lipinski definition) is 7. The summed E-state index contributed by atoms with van der Waals surface area (Å²) in [7, 11) is -4.20. The first kappa shape index (κ1) is 27.8. The summed E-state index contributed by atoms with van der Waals surface area (Å²) in [6, 6.07) is 16.6. The summed E-state index contributed by atoms with van der Waals surface area (Å²) in [6.07, 6.45) is 4.07. The Morgan fingerprint density at radius 2 is 1.74 bits per heavy atom. The van der Waals surface area contributed by atoms with Gasteiger partial charge in [-0.05, 0) is 41.8 Å². The van der Waals surface area contributed by atoms with Crippen molar-refractivity contribution >= 4 is 38.6 Å². The molecule has 0 spiro atoms. The lowest BCUT2D eigenvalue weighted by molar-refractivity contribution is -0.138. The second-order valence-electron chi connectivity index (χ2n) is 8.87. The summed E-state index contributed by atoms with van der Waals surface area (Å²) in [6.45, 7) is 0.198. The van der Waals surface area contributed by atoms with Gasteiger partial charge in [0.1, 0.15) is 6.04 Å². The minimum Gasteiger partial charge on any atom is -0.480 e. The van der Waals surface area contributed by atoms with Gasteiger partial charge >= 0.3 is 5.97 Å². The zero-order valence-electron chi connectivity index (χ0n) is 20.9. The van der Waals surface area contributed by atoms with Gasteiger partial charge < -0.3 is 21.1 Å². The zero-order chi connectivity index (χ0) is 27.8. The van der Waals surface area contributed by atoms with Crippen molar-refractivity contribution in [2.75, 3.05) is 13.1 Å². The van der Waals surface area contributed by atoms with E-state index in [1.807, 2.05) is 6.08 Å². The highest BCUT2D eigenvalue weighted by molar-refractivity contribution is 7.89. The van der Waals surface area contributed by atoms with Crippen molar-refractivity contribution in [1.29, 1.82) is 0 Å². The quantitative estimate of drug-likeness (QED) is 0.206. The van der Waals surface area contributed by atoms with Crippen molar-refractivity contribution in [2.24, 2.45) is 0 Å². The number of sulfonamides is 1. The fourth-order valence-corrected chi connectivity index (χ4v) is 5.45. The monoisotopic (exact) mass is 551 g/mol. The molecule has 0 bridgehead atoms. The lowest BCUT2D eigenvalue weighted by atomic mass is 10.1. The molecule has 1 aliphatic heterocycles. The van der Waals surface area contributed by atoms with Crippen LogP contribution in [0.2, 0.25) is 0 Å². The molecule has 0 fully saturated rings. The lowest BCUT2D eigenvalue weighted by Gasteiger charge is -2.22. The molecule has 204 valence electrons. The molecule has 1 aliphatic rings. The van der Waals surface area contributed by atoms with Gasteiger partial charge in [0.05, 0.1) is 4.90 Å². The number of amides is 2. The minimum atomic E-state index is -4.20. The number of carboxylic acid groups (broad SMARTS) is 1. The molecule has 6 N–H and O–H groups in total. The van der Waals surface area contributed by atoms with Crippen molar-refractivity contribution in [1.82, 2.24) is 26.0 Å². The molecule has 1 unspecified atom stereocenters. The van der Waals surface area contributed by atoms with Crippen LogP contribution in [-0.4, -0.2) is 56.7 Å². The second-order valence-corrected chi connectivity index (χ2v) is 10.6. The van der Waals surface area contributed by atoms with Crippen molar-refractivity contribution in [3.8, 4) is 0 Å². The first-order valence-electron chi connectivity index (χ1n) is 12.3. The van der Waals surface area contributed by atoms with E-state index < -0.39 is 34.5 Å². The molecule has 3 aromatic carbocycles. The summed E-state index contributed by atoms with van der Waals surface area (Å²) in [5.74, 6) is -2.12. The topological polar surface area (TPSA) is 166 Å². The van der Waals surface area contributed by atoms with E-state index in [1.165, 1.54) is 6.07 Å². The lowest BCUT2D eigenvalue weighted by Crippen LogP contribution is -2.54. The van der Waals surface area contributed by atoms with Gasteiger partial charge in [-0.2, -0.15) is 4.72 Å². The maximum Gasteiger partial charge on any atom is 0.323 e. The average Bonchev–Trinajstić information content (AvgIpc) is 2.94. The van der Waals surface area contributed by atoms with Crippen molar-refractivity contribution in [3.05, 3.63) is 90.1 Å². The van der Waals surface area contributed by atoms with Crippen LogP contribution in [0.25, 0.3) is 10.8 Å². The largest absolute Gasteiger partial charge is 0.480 e. The SMILES string of the molecule is O=C(CCc1ccc(C(=O)NC[C@H](NS(=O)(=O)c2cccc3ccccc23)C(=O)O)cc1)NC1NC=CCN1. The Hall–Kier alpha value is -4.26. The molecular weight excluding hydrogens is 522 g/mol. The van der Waals surface area contributed by atoms with E-state index in [2.05, 4.69) is 26.0 Å². The molecular formula is C27H29N5O6S. The van der Waals surface area contributed by atoms with Crippen LogP contribution >= 0.6 is 0 Å². The Morgan fingerprint density at radius 1 is 1.00 bits per heavy atom. The van der Waals surface area contributed by atoms with E-state index in [-0.39, 0.29) is 29.1 Å². The summed E-state index contributed by atoms with van der Waals surface area (Å²) >= 11 is 0. The summed E-state index contributed by atoms with van der Waals surface area (Å²) in [5.41, 5.74) is 1.11. The third-order valence-corrected chi connectivity index (χ3v) is 7.61. The highest BCUT2D eigenvalue weighted by Gasteiger charge is 2.27. The van der Waals surface area contributed by atoms with Crippen LogP contribution in [-0.2, 0) is 26.0 Å². The van der Waals surface area contributed by atoms with Gasteiger partial charge in [0.15, 0.2) is 6.29 Å². The number of carbonyl (C=O) groups excluding carboxylic acids is 2. The Morgan fingerprint density at radius 3 is 2.46 bits per heavy atom. The molecule has 12 heteroatoms. The highest BCUT2D eigenvalue weighted by atomic mass is 32.2. The van der Waals surface area contributed by atoms with Crippen LogP contribution in [0, 0.1) is 0 Å². The van der Waals surface area contributed by atoms with Crippen LogP contribution in [0.5, 0.6) is 0 Å². The van der Waals surface area contributed by atoms with E-state index in [0.29, 0.717) is 23.7 Å². The number of nitrogens with one attached hydrogen (secondary N) is 5. The Bertz CT molecular complexity index is 1480. The molecule has 0 aliphatic carbocycles. The zero-order valence-corrected chi connectivity index (χ0v) is 21.7. The van der Waals surface area contributed by atoms with Crippen LogP contribution < -0.4 is 26.0 Å². The standard InChI is InChI=1S/C27H29N5O6S/c33-24(31-27-28-15-4-16-29-27)14-11-18-9-12-20(13-10-18)25(34)30-17-22(26(35)36)32-39(37,38)23-8-3-6-19-5-1-2-7-21(19)23/h1-10,12-13,15,22,27-29,32H,11,14,16-17H2,(H,30,34)(H,31,33)(H,35,36)/t22-,27?/m0/s1. The van der Waals surface area contributed by atoms with Gasteiger partial charge in [0.2, 0.25) is 15.9 Å². The Kier molecular flexibility index (Phi) is 8.92. The van der Waals surface area contributed by atoms with Gasteiger partial charge in [-0.3, -0.25) is 19.7 Å². The molecule has 1 heterocycles. The van der Waals surface area contributed by atoms with Crippen LogP contribution in [0.15, 0.2) is 83.9 Å². The molecule has 0 saturated carbocycles. The number of aryl methyl sites for hydroxylation is 1. The fourth-order valence-electron chi connectivity index (χ4n) is 4.03. The molecule has 0 saturated heterocycles. The molecule has 0 radical (unpaired) electrons.